The Balaban J connectivity index is 2.09. The third-order valence-corrected chi connectivity index (χ3v) is 3.39. The Morgan fingerprint density at radius 3 is 2.89 bits per heavy atom. The number of carbonyl (C=O) groups is 1. The number of rotatable bonds is 4. The number of carbonyl (C=O) groups excluding carboxylic acids is 1. The van der Waals surface area contributed by atoms with Gasteiger partial charge >= 0.3 is 0 Å². The monoisotopic (exact) mass is 323 g/mol. The number of hydrogen-bond acceptors (Lipinski definition) is 3. The van der Waals surface area contributed by atoms with Crippen LogP contribution in [0.15, 0.2) is 41.4 Å². The van der Waals surface area contributed by atoms with E-state index >= 15 is 0 Å². The maximum atomic E-state index is 12.1. The summed E-state index contributed by atoms with van der Waals surface area (Å²) >= 11 is 3.38. The Bertz CT molecular complexity index is 569. The molecule has 2 rings (SSSR count). The number of aromatic nitrogens is 2. The summed E-state index contributed by atoms with van der Waals surface area (Å²) in [5.74, 6) is 0.621. The summed E-state index contributed by atoms with van der Waals surface area (Å²) < 4.78 is 7.68. The number of nitrogens with zero attached hydrogens (tertiary/aromatic N) is 2. The van der Waals surface area contributed by atoms with Gasteiger partial charge in [0.25, 0.3) is 0 Å². The van der Waals surface area contributed by atoms with Crippen LogP contribution in [0.1, 0.15) is 13.0 Å². The van der Waals surface area contributed by atoms with Gasteiger partial charge in [0.15, 0.2) is 0 Å². The number of amides is 1. The van der Waals surface area contributed by atoms with E-state index in [-0.39, 0.29) is 11.9 Å². The Hall–Kier alpha value is -1.82. The molecule has 1 heterocycles. The molecule has 5 nitrogen and oxygen atoms in total. The first kappa shape index (κ1) is 13.6. The molecule has 0 unspecified atom stereocenters. The fourth-order valence-electron chi connectivity index (χ4n) is 1.62. The summed E-state index contributed by atoms with van der Waals surface area (Å²) in [6.07, 6.45) is 5.02. The van der Waals surface area contributed by atoms with E-state index in [0.29, 0.717) is 5.69 Å². The summed E-state index contributed by atoms with van der Waals surface area (Å²) in [6, 6.07) is 5.07. The maximum absolute atomic E-state index is 12.1. The topological polar surface area (TPSA) is 56.1 Å². The first-order chi connectivity index (χ1) is 9.11. The third-order valence-electron chi connectivity index (χ3n) is 2.77. The molecule has 0 spiro atoms. The van der Waals surface area contributed by atoms with Gasteiger partial charge in [0, 0.05) is 18.1 Å². The molecule has 2 aromatic rings. The van der Waals surface area contributed by atoms with Crippen LogP contribution in [0.2, 0.25) is 0 Å². The zero-order chi connectivity index (χ0) is 13.8. The molecule has 0 bridgehead atoms. The van der Waals surface area contributed by atoms with Crippen LogP contribution in [0.25, 0.3) is 0 Å². The Morgan fingerprint density at radius 1 is 1.53 bits per heavy atom. The molecule has 0 saturated heterocycles. The fraction of sp³-hybridized carbons (Fsp3) is 0.231. The largest absolute Gasteiger partial charge is 0.496 e. The second kappa shape index (κ2) is 5.88. The molecule has 1 atom stereocenters. The molecular weight excluding hydrogens is 310 g/mol. The number of methoxy groups -OCH3 is 1. The predicted octanol–water partition coefficient (Wildman–Crippen LogP) is 2.85. The zero-order valence-electron chi connectivity index (χ0n) is 10.6. The van der Waals surface area contributed by atoms with E-state index in [4.69, 9.17) is 4.74 Å². The van der Waals surface area contributed by atoms with E-state index in [1.165, 1.54) is 0 Å². The van der Waals surface area contributed by atoms with Gasteiger partial charge in [0.2, 0.25) is 5.91 Å². The molecule has 0 radical (unpaired) electrons. The van der Waals surface area contributed by atoms with E-state index in [1.807, 2.05) is 6.92 Å². The van der Waals surface area contributed by atoms with Gasteiger partial charge < -0.3 is 14.6 Å². The zero-order valence-corrected chi connectivity index (χ0v) is 12.2. The van der Waals surface area contributed by atoms with Crippen LogP contribution in [0.4, 0.5) is 5.69 Å². The molecule has 1 aromatic carbocycles. The summed E-state index contributed by atoms with van der Waals surface area (Å²) in [5.41, 5.74) is 0.713. The highest BCUT2D eigenvalue weighted by Crippen LogP contribution is 2.28. The highest BCUT2D eigenvalue weighted by molar-refractivity contribution is 9.10. The van der Waals surface area contributed by atoms with Gasteiger partial charge in [-0.05, 0) is 41.1 Å². The normalized spacial score (nSPS) is 11.9. The minimum Gasteiger partial charge on any atom is -0.496 e. The number of ether oxygens (including phenoxy) is 1. The van der Waals surface area contributed by atoms with Crippen LogP contribution < -0.4 is 10.1 Å². The second-order valence-electron chi connectivity index (χ2n) is 4.02. The van der Waals surface area contributed by atoms with Crippen LogP contribution in [0.3, 0.4) is 0 Å². The lowest BCUT2D eigenvalue weighted by molar-refractivity contribution is -0.118. The van der Waals surface area contributed by atoms with Crippen molar-refractivity contribution in [1.82, 2.24) is 9.55 Å². The van der Waals surface area contributed by atoms with Crippen LogP contribution >= 0.6 is 15.9 Å². The summed E-state index contributed by atoms with van der Waals surface area (Å²) in [7, 11) is 1.60. The van der Waals surface area contributed by atoms with Gasteiger partial charge in [-0.3, -0.25) is 4.79 Å². The average Bonchev–Trinajstić information content (AvgIpc) is 2.92. The van der Waals surface area contributed by atoms with Crippen molar-refractivity contribution in [1.29, 1.82) is 0 Å². The van der Waals surface area contributed by atoms with Crippen molar-refractivity contribution in [2.45, 2.75) is 13.0 Å². The number of imidazole rings is 1. The van der Waals surface area contributed by atoms with Crippen molar-refractivity contribution < 1.29 is 9.53 Å². The van der Waals surface area contributed by atoms with E-state index in [2.05, 4.69) is 26.2 Å². The minimum absolute atomic E-state index is 0.102. The van der Waals surface area contributed by atoms with Crippen LogP contribution in [0, 0.1) is 0 Å². The number of anilines is 1. The fourth-order valence-corrected chi connectivity index (χ4v) is 2.17. The number of nitrogens with one attached hydrogen (secondary N) is 1. The Kier molecular flexibility index (Phi) is 4.21. The van der Waals surface area contributed by atoms with E-state index in [1.54, 1.807) is 48.6 Å². The van der Waals surface area contributed by atoms with Crippen molar-refractivity contribution in [3.8, 4) is 5.75 Å². The third kappa shape index (κ3) is 3.14. The quantitative estimate of drug-likeness (QED) is 0.941. The van der Waals surface area contributed by atoms with E-state index < -0.39 is 0 Å². The van der Waals surface area contributed by atoms with Crippen LogP contribution in [-0.4, -0.2) is 22.6 Å². The SMILES string of the molecule is COc1ccc(NC(=O)[C@H](C)n2ccnc2)cc1Br. The number of halogens is 1. The highest BCUT2D eigenvalue weighted by Gasteiger charge is 2.14. The van der Waals surface area contributed by atoms with Crippen LogP contribution in [0.5, 0.6) is 5.75 Å². The van der Waals surface area contributed by atoms with Gasteiger partial charge in [0.05, 0.1) is 17.9 Å². The van der Waals surface area contributed by atoms with E-state index in [9.17, 15) is 4.79 Å². The molecule has 1 aromatic heterocycles. The molecule has 1 amide bonds. The first-order valence-corrected chi connectivity index (χ1v) is 6.53. The standard InChI is InChI=1S/C13H14BrN3O2/c1-9(17-6-5-15-8-17)13(18)16-10-3-4-12(19-2)11(14)7-10/h3-9H,1-2H3,(H,16,18)/t9-/m0/s1. The summed E-state index contributed by atoms with van der Waals surface area (Å²) in [6.45, 7) is 1.82. The maximum Gasteiger partial charge on any atom is 0.247 e. The molecule has 0 aliphatic rings. The molecule has 1 N–H and O–H groups in total. The molecule has 0 fully saturated rings. The summed E-state index contributed by atoms with van der Waals surface area (Å²) in [4.78, 5) is 16.0. The molecule has 19 heavy (non-hydrogen) atoms. The van der Waals surface area contributed by atoms with Gasteiger partial charge in [-0.2, -0.15) is 0 Å². The second-order valence-corrected chi connectivity index (χ2v) is 4.88. The molecule has 0 aliphatic carbocycles. The number of hydrogen-bond donors (Lipinski definition) is 1. The van der Waals surface area contributed by atoms with Gasteiger partial charge in [-0.1, -0.05) is 0 Å². The van der Waals surface area contributed by atoms with Crippen molar-refractivity contribution in [3.05, 3.63) is 41.4 Å². The average molecular weight is 324 g/mol. The van der Waals surface area contributed by atoms with Crippen LogP contribution in [-0.2, 0) is 4.79 Å². The van der Waals surface area contributed by atoms with Gasteiger partial charge in [0.1, 0.15) is 11.8 Å². The Labute approximate surface area is 119 Å². The molecule has 100 valence electrons. The van der Waals surface area contributed by atoms with Crippen molar-refractivity contribution >= 4 is 27.5 Å². The smallest absolute Gasteiger partial charge is 0.247 e. The number of benzene rings is 1. The van der Waals surface area contributed by atoms with Crippen molar-refractivity contribution in [2.75, 3.05) is 12.4 Å². The lowest BCUT2D eigenvalue weighted by Gasteiger charge is -2.14. The highest BCUT2D eigenvalue weighted by atomic mass is 79.9. The lowest BCUT2D eigenvalue weighted by atomic mass is 10.2. The molecule has 6 heteroatoms. The van der Waals surface area contributed by atoms with Gasteiger partial charge in [-0.15, -0.1) is 0 Å². The summed E-state index contributed by atoms with van der Waals surface area (Å²) in [5, 5.41) is 2.85. The molecular formula is C13H14BrN3O2. The molecule has 0 aliphatic heterocycles. The van der Waals surface area contributed by atoms with Crippen molar-refractivity contribution in [2.24, 2.45) is 0 Å². The van der Waals surface area contributed by atoms with E-state index in [0.717, 1.165) is 10.2 Å². The minimum atomic E-state index is -0.316. The van der Waals surface area contributed by atoms with Gasteiger partial charge in [-0.25, -0.2) is 4.98 Å². The lowest BCUT2D eigenvalue weighted by Crippen LogP contribution is -2.22. The van der Waals surface area contributed by atoms with Crippen molar-refractivity contribution in [3.63, 3.8) is 0 Å². The first-order valence-electron chi connectivity index (χ1n) is 5.73. The predicted molar refractivity (Wildman–Crippen MR) is 76.3 cm³/mol. The Morgan fingerprint density at radius 2 is 2.32 bits per heavy atom. The molecule has 0 saturated carbocycles.